The first-order chi connectivity index (χ1) is 12.6. The number of aromatic nitrogens is 3. The predicted molar refractivity (Wildman–Crippen MR) is 105 cm³/mol. The normalized spacial score (nSPS) is 13.9. The van der Waals surface area contributed by atoms with Crippen molar-refractivity contribution in [1.82, 2.24) is 14.8 Å². The highest BCUT2D eigenvalue weighted by Crippen LogP contribution is 2.27. The van der Waals surface area contributed by atoms with E-state index < -0.39 is 0 Å². The van der Waals surface area contributed by atoms with Gasteiger partial charge in [-0.1, -0.05) is 18.6 Å². The summed E-state index contributed by atoms with van der Waals surface area (Å²) < 4.78 is 2.23. The number of nitrogens with zero attached hydrogens (tertiary/aromatic N) is 3. The molecule has 1 N–H and O–H groups in total. The molecule has 1 aliphatic heterocycles. The number of carbonyl (C=O) groups is 1. The molecule has 1 aliphatic rings. The molecule has 134 valence electrons. The van der Waals surface area contributed by atoms with Crippen LogP contribution in [0.1, 0.15) is 45.2 Å². The largest absolute Gasteiger partial charge is 0.321 e. The summed E-state index contributed by atoms with van der Waals surface area (Å²) in [7, 11) is 0. The highest BCUT2D eigenvalue weighted by molar-refractivity contribution is 7.14. The molecule has 0 bridgehead atoms. The van der Waals surface area contributed by atoms with Gasteiger partial charge in [0.1, 0.15) is 5.82 Å². The van der Waals surface area contributed by atoms with Crippen LogP contribution < -0.4 is 5.32 Å². The molecule has 0 unspecified atom stereocenters. The van der Waals surface area contributed by atoms with Crippen molar-refractivity contribution in [1.29, 1.82) is 0 Å². The van der Waals surface area contributed by atoms with Crippen LogP contribution in [0.3, 0.4) is 0 Å². The highest BCUT2D eigenvalue weighted by atomic mass is 32.1. The number of thiophene rings is 1. The Hall–Kier alpha value is -2.47. The van der Waals surface area contributed by atoms with Crippen molar-refractivity contribution >= 4 is 22.9 Å². The first-order valence-corrected chi connectivity index (χ1v) is 9.84. The Morgan fingerprint density at radius 1 is 1.12 bits per heavy atom. The number of anilines is 1. The number of fused-ring (bicyclic) bond motifs is 1. The van der Waals surface area contributed by atoms with Gasteiger partial charge in [-0.3, -0.25) is 4.79 Å². The zero-order valence-electron chi connectivity index (χ0n) is 15.1. The molecule has 0 spiro atoms. The maximum absolute atomic E-state index is 12.5. The summed E-state index contributed by atoms with van der Waals surface area (Å²) in [6, 6.07) is 9.93. The second kappa shape index (κ2) is 7.03. The maximum Gasteiger partial charge on any atom is 0.265 e. The van der Waals surface area contributed by atoms with Crippen LogP contribution in [-0.4, -0.2) is 20.7 Å². The Labute approximate surface area is 157 Å². The standard InChI is InChI=1S/C20H22N4OS/c1-13-7-9-15(19-23-22-18-6-4-3-5-11-24(18)19)12-16(13)21-20(25)17-10-8-14(2)26-17/h7-10,12H,3-6,11H2,1-2H3,(H,21,25). The summed E-state index contributed by atoms with van der Waals surface area (Å²) >= 11 is 1.51. The van der Waals surface area contributed by atoms with E-state index >= 15 is 0 Å². The molecule has 0 saturated carbocycles. The van der Waals surface area contributed by atoms with Crippen LogP contribution in [0, 0.1) is 13.8 Å². The second-order valence-electron chi connectivity index (χ2n) is 6.80. The van der Waals surface area contributed by atoms with E-state index in [1.54, 1.807) is 0 Å². The molecule has 5 nitrogen and oxygen atoms in total. The molecule has 0 fully saturated rings. The van der Waals surface area contributed by atoms with E-state index in [1.165, 1.54) is 24.2 Å². The van der Waals surface area contributed by atoms with Crippen molar-refractivity contribution in [3.05, 3.63) is 51.5 Å². The predicted octanol–water partition coefficient (Wildman–Crippen LogP) is 4.60. The van der Waals surface area contributed by atoms with E-state index in [9.17, 15) is 4.79 Å². The molecular formula is C20H22N4OS. The molecule has 26 heavy (non-hydrogen) atoms. The quantitative estimate of drug-likeness (QED) is 0.737. The summed E-state index contributed by atoms with van der Waals surface area (Å²) in [4.78, 5) is 14.4. The van der Waals surface area contributed by atoms with Gasteiger partial charge >= 0.3 is 0 Å². The van der Waals surface area contributed by atoms with E-state index in [0.29, 0.717) is 0 Å². The minimum Gasteiger partial charge on any atom is -0.321 e. The van der Waals surface area contributed by atoms with Gasteiger partial charge in [0, 0.05) is 29.1 Å². The molecular weight excluding hydrogens is 344 g/mol. The van der Waals surface area contributed by atoms with Gasteiger partial charge in [-0.2, -0.15) is 0 Å². The molecule has 0 atom stereocenters. The van der Waals surface area contributed by atoms with Gasteiger partial charge in [-0.15, -0.1) is 21.5 Å². The zero-order valence-corrected chi connectivity index (χ0v) is 15.9. The Bertz CT molecular complexity index is 957. The zero-order chi connectivity index (χ0) is 18.1. The molecule has 6 heteroatoms. The minimum absolute atomic E-state index is 0.0663. The monoisotopic (exact) mass is 366 g/mol. The van der Waals surface area contributed by atoms with Crippen molar-refractivity contribution < 1.29 is 4.79 Å². The van der Waals surface area contributed by atoms with Crippen LogP contribution in [0.25, 0.3) is 11.4 Å². The third-order valence-electron chi connectivity index (χ3n) is 4.82. The molecule has 2 aromatic heterocycles. The summed E-state index contributed by atoms with van der Waals surface area (Å²) in [6.45, 7) is 4.97. The van der Waals surface area contributed by atoms with Crippen molar-refractivity contribution in [3.63, 3.8) is 0 Å². The molecule has 1 aromatic carbocycles. The summed E-state index contributed by atoms with van der Waals surface area (Å²) in [6.07, 6.45) is 4.55. The number of amides is 1. The van der Waals surface area contributed by atoms with Crippen LogP contribution >= 0.6 is 11.3 Å². The molecule has 1 amide bonds. The van der Waals surface area contributed by atoms with Crippen LogP contribution in [0.2, 0.25) is 0 Å². The fourth-order valence-corrected chi connectivity index (χ4v) is 4.10. The van der Waals surface area contributed by atoms with E-state index in [2.05, 4.69) is 26.1 Å². The lowest BCUT2D eigenvalue weighted by Gasteiger charge is -2.11. The van der Waals surface area contributed by atoms with E-state index in [1.807, 2.05) is 38.1 Å². The highest BCUT2D eigenvalue weighted by Gasteiger charge is 2.17. The number of rotatable bonds is 3. The Kier molecular flexibility index (Phi) is 4.59. The average Bonchev–Trinajstić information content (AvgIpc) is 3.17. The van der Waals surface area contributed by atoms with Gasteiger partial charge in [-0.25, -0.2) is 0 Å². The lowest BCUT2D eigenvalue weighted by Crippen LogP contribution is -2.11. The summed E-state index contributed by atoms with van der Waals surface area (Å²) in [5, 5.41) is 11.9. The lowest BCUT2D eigenvalue weighted by molar-refractivity contribution is 0.103. The van der Waals surface area contributed by atoms with Crippen LogP contribution in [-0.2, 0) is 13.0 Å². The van der Waals surface area contributed by atoms with E-state index in [-0.39, 0.29) is 5.91 Å². The Morgan fingerprint density at radius 3 is 2.81 bits per heavy atom. The number of nitrogens with one attached hydrogen (secondary N) is 1. The molecule has 3 heterocycles. The van der Waals surface area contributed by atoms with Gasteiger partial charge < -0.3 is 9.88 Å². The van der Waals surface area contributed by atoms with Gasteiger partial charge in [0.05, 0.1) is 4.88 Å². The molecule has 0 radical (unpaired) electrons. The third kappa shape index (κ3) is 3.29. The molecule has 0 saturated heterocycles. The number of hydrogen-bond acceptors (Lipinski definition) is 4. The summed E-state index contributed by atoms with van der Waals surface area (Å²) in [5.74, 6) is 1.89. The Morgan fingerprint density at radius 2 is 2.00 bits per heavy atom. The van der Waals surface area contributed by atoms with Crippen molar-refractivity contribution in [2.24, 2.45) is 0 Å². The van der Waals surface area contributed by atoms with Crippen molar-refractivity contribution in [2.45, 2.75) is 46.1 Å². The van der Waals surface area contributed by atoms with E-state index in [0.717, 1.165) is 57.6 Å². The average molecular weight is 366 g/mol. The minimum atomic E-state index is -0.0663. The third-order valence-corrected chi connectivity index (χ3v) is 5.82. The number of hydrogen-bond donors (Lipinski definition) is 1. The topological polar surface area (TPSA) is 59.8 Å². The van der Waals surface area contributed by atoms with Crippen LogP contribution in [0.5, 0.6) is 0 Å². The van der Waals surface area contributed by atoms with Gasteiger partial charge in [0.2, 0.25) is 0 Å². The van der Waals surface area contributed by atoms with E-state index in [4.69, 9.17) is 0 Å². The smallest absolute Gasteiger partial charge is 0.265 e. The Balaban J connectivity index is 1.64. The molecule has 4 rings (SSSR count). The summed E-state index contributed by atoms with van der Waals surface area (Å²) in [5.41, 5.74) is 2.85. The first kappa shape index (κ1) is 17.0. The van der Waals surface area contributed by atoms with Gasteiger partial charge in [-0.05, 0) is 50.5 Å². The van der Waals surface area contributed by atoms with Crippen molar-refractivity contribution in [3.8, 4) is 11.4 Å². The number of aryl methyl sites for hydroxylation is 3. The first-order valence-electron chi connectivity index (χ1n) is 9.03. The fourth-order valence-electron chi connectivity index (χ4n) is 3.33. The van der Waals surface area contributed by atoms with Crippen molar-refractivity contribution in [2.75, 3.05) is 5.32 Å². The fraction of sp³-hybridized carbons (Fsp3) is 0.350. The van der Waals surface area contributed by atoms with Gasteiger partial charge in [0.25, 0.3) is 5.91 Å². The van der Waals surface area contributed by atoms with Crippen LogP contribution in [0.15, 0.2) is 30.3 Å². The maximum atomic E-state index is 12.5. The lowest BCUT2D eigenvalue weighted by atomic mass is 10.1. The SMILES string of the molecule is Cc1ccc(C(=O)Nc2cc(-c3nnc4n3CCCCC4)ccc2C)s1. The number of benzene rings is 1. The van der Waals surface area contributed by atoms with Gasteiger partial charge in [0.15, 0.2) is 5.82 Å². The van der Waals surface area contributed by atoms with Crippen LogP contribution in [0.4, 0.5) is 5.69 Å². The molecule has 3 aromatic rings. The molecule has 0 aliphatic carbocycles. The second-order valence-corrected chi connectivity index (χ2v) is 8.08. The number of carbonyl (C=O) groups excluding carboxylic acids is 1.